The molecule has 0 bridgehead atoms. The third kappa shape index (κ3) is 9.41. The van der Waals surface area contributed by atoms with Crippen molar-refractivity contribution in [3.8, 4) is 5.75 Å². The highest BCUT2D eigenvalue weighted by molar-refractivity contribution is 5.87. The van der Waals surface area contributed by atoms with Gasteiger partial charge in [-0.05, 0) is 71.9 Å². The average Bonchev–Trinajstić information content (AvgIpc) is 3.49. The topological polar surface area (TPSA) is 101 Å². The van der Waals surface area contributed by atoms with Gasteiger partial charge in [-0.2, -0.15) is 5.21 Å². The number of nitrogens with zero attached hydrogens (tertiary/aromatic N) is 3. The number of carboxylic acid groups (broad SMARTS) is 1. The second kappa shape index (κ2) is 14.4. The minimum absolute atomic E-state index is 0.127. The Kier molecular flexibility index (Phi) is 10.4. The van der Waals surface area contributed by atoms with Crippen LogP contribution in [0.3, 0.4) is 0 Å². The first-order valence-corrected chi connectivity index (χ1v) is 14.3. The van der Waals surface area contributed by atoms with Crippen molar-refractivity contribution in [3.63, 3.8) is 0 Å². The zero-order valence-corrected chi connectivity index (χ0v) is 24.2. The van der Waals surface area contributed by atoms with Crippen LogP contribution >= 0.6 is 0 Å². The summed E-state index contributed by atoms with van der Waals surface area (Å²) in [7, 11) is 0. The molecule has 0 radical (unpaired) electrons. The summed E-state index contributed by atoms with van der Waals surface area (Å²) < 4.78 is 6.26. The summed E-state index contributed by atoms with van der Waals surface area (Å²) in [6.07, 6.45) is 10.2. The van der Waals surface area contributed by atoms with Crippen LogP contribution in [-0.2, 0) is 24.9 Å². The van der Waals surface area contributed by atoms with Gasteiger partial charge in [0.25, 0.3) is 0 Å². The van der Waals surface area contributed by atoms with Gasteiger partial charge in [-0.1, -0.05) is 99.2 Å². The molecule has 0 aliphatic carbocycles. The zero-order chi connectivity index (χ0) is 29.1. The van der Waals surface area contributed by atoms with E-state index >= 15 is 0 Å². The lowest BCUT2D eigenvalue weighted by molar-refractivity contribution is 0.0697. The maximum Gasteiger partial charge on any atom is 0.335 e. The number of aromatic nitrogens is 4. The van der Waals surface area contributed by atoms with Gasteiger partial charge in [-0.3, -0.25) is 0 Å². The molecule has 0 fully saturated rings. The van der Waals surface area contributed by atoms with Crippen molar-refractivity contribution in [2.24, 2.45) is 5.92 Å². The molecule has 0 aliphatic heterocycles. The van der Waals surface area contributed by atoms with Crippen LogP contribution in [0.25, 0.3) is 6.08 Å². The lowest BCUT2D eigenvalue weighted by Gasteiger charge is -2.19. The van der Waals surface area contributed by atoms with Gasteiger partial charge in [0.15, 0.2) is 5.82 Å². The number of carboxylic acids is 1. The molecule has 1 heterocycles. The molecule has 1 aromatic heterocycles. The third-order valence-electron chi connectivity index (χ3n) is 7.30. The van der Waals surface area contributed by atoms with Crippen LogP contribution in [0.4, 0.5) is 0 Å². The molecule has 1 atom stereocenters. The Balaban J connectivity index is 1.40. The van der Waals surface area contributed by atoms with E-state index in [0.29, 0.717) is 18.1 Å². The number of aryl methyl sites for hydroxylation is 2. The summed E-state index contributed by atoms with van der Waals surface area (Å²) in [6, 6.07) is 24.0. The average molecular weight is 553 g/mol. The number of aromatic amines is 1. The van der Waals surface area contributed by atoms with Gasteiger partial charge in [-0.25, -0.2) is 4.79 Å². The van der Waals surface area contributed by atoms with E-state index in [1.54, 1.807) is 12.1 Å². The van der Waals surface area contributed by atoms with Crippen LogP contribution in [0.5, 0.6) is 5.75 Å². The van der Waals surface area contributed by atoms with E-state index in [4.69, 9.17) is 4.74 Å². The summed E-state index contributed by atoms with van der Waals surface area (Å²) >= 11 is 0. The Morgan fingerprint density at radius 1 is 0.927 bits per heavy atom. The van der Waals surface area contributed by atoms with Gasteiger partial charge >= 0.3 is 5.97 Å². The number of ether oxygens (including phenoxy) is 1. The number of para-hydroxylation sites is 1. The van der Waals surface area contributed by atoms with E-state index in [1.807, 2.05) is 30.3 Å². The lowest BCUT2D eigenvalue weighted by Crippen LogP contribution is -2.10. The fourth-order valence-corrected chi connectivity index (χ4v) is 4.73. The number of hydrogen-bond acceptors (Lipinski definition) is 5. The number of carbonyl (C=O) groups is 1. The molecule has 0 aliphatic rings. The van der Waals surface area contributed by atoms with Gasteiger partial charge in [0.2, 0.25) is 0 Å². The van der Waals surface area contributed by atoms with E-state index in [9.17, 15) is 9.90 Å². The van der Waals surface area contributed by atoms with E-state index < -0.39 is 5.97 Å². The minimum atomic E-state index is -0.901. The predicted octanol–water partition coefficient (Wildman–Crippen LogP) is 7.45. The number of hydrogen-bond donors (Lipinski definition) is 2. The summed E-state index contributed by atoms with van der Waals surface area (Å²) in [4.78, 5) is 11.2. The van der Waals surface area contributed by atoms with Crippen molar-refractivity contribution in [1.82, 2.24) is 20.6 Å². The van der Waals surface area contributed by atoms with Crippen molar-refractivity contribution in [3.05, 3.63) is 113 Å². The summed E-state index contributed by atoms with van der Waals surface area (Å²) in [5, 5.41) is 23.4. The van der Waals surface area contributed by atoms with Crippen molar-refractivity contribution in [2.75, 3.05) is 0 Å². The van der Waals surface area contributed by atoms with Crippen LogP contribution in [-0.4, -0.2) is 31.7 Å². The Hall–Kier alpha value is -4.26. The fraction of sp³-hybridized carbons (Fsp3) is 0.353. The van der Waals surface area contributed by atoms with Gasteiger partial charge in [-0.15, -0.1) is 10.2 Å². The molecule has 0 saturated carbocycles. The molecular formula is C34H40N4O3. The highest BCUT2D eigenvalue weighted by atomic mass is 16.5. The quantitative estimate of drug-likeness (QED) is 0.158. The Bertz CT molecular complexity index is 1390. The van der Waals surface area contributed by atoms with Crippen LogP contribution in [0, 0.1) is 5.92 Å². The molecule has 4 aromatic rings. The second-order valence-electron chi connectivity index (χ2n) is 11.5. The van der Waals surface area contributed by atoms with Crippen molar-refractivity contribution in [1.29, 1.82) is 0 Å². The summed E-state index contributed by atoms with van der Waals surface area (Å²) in [5.74, 6) is 1.07. The van der Waals surface area contributed by atoms with Gasteiger partial charge in [0.05, 0.1) is 5.56 Å². The van der Waals surface area contributed by atoms with Gasteiger partial charge < -0.3 is 9.84 Å². The van der Waals surface area contributed by atoms with Crippen molar-refractivity contribution < 1.29 is 14.6 Å². The molecule has 0 unspecified atom stereocenters. The fourth-order valence-electron chi connectivity index (χ4n) is 4.73. The molecule has 7 nitrogen and oxygen atoms in total. The maximum atomic E-state index is 11.2. The Morgan fingerprint density at radius 3 is 2.34 bits per heavy atom. The molecular weight excluding hydrogens is 512 g/mol. The SMILES string of the molecule is CC(C)(C)c1ccc(COc2ccccc2/C=C/[C@@H](CCCCc2nn[nH]n2)CCc2ccc(C(=O)O)cc2)cc1. The largest absolute Gasteiger partial charge is 0.488 e. The number of rotatable bonds is 14. The molecule has 0 amide bonds. The summed E-state index contributed by atoms with van der Waals surface area (Å²) in [6.45, 7) is 7.17. The molecule has 0 spiro atoms. The number of nitrogens with one attached hydrogen (secondary N) is 1. The molecule has 7 heteroatoms. The first kappa shape index (κ1) is 29.7. The molecule has 41 heavy (non-hydrogen) atoms. The predicted molar refractivity (Wildman–Crippen MR) is 162 cm³/mol. The maximum absolute atomic E-state index is 11.2. The number of allylic oxidation sites excluding steroid dienone is 1. The van der Waals surface area contributed by atoms with E-state index in [-0.39, 0.29) is 5.41 Å². The van der Waals surface area contributed by atoms with Gasteiger partial charge in [0.1, 0.15) is 12.4 Å². The number of H-pyrrole nitrogens is 1. The monoisotopic (exact) mass is 552 g/mol. The first-order valence-electron chi connectivity index (χ1n) is 14.3. The normalized spacial score (nSPS) is 12.5. The summed E-state index contributed by atoms with van der Waals surface area (Å²) in [5.41, 5.74) is 5.09. The molecule has 2 N–H and O–H groups in total. The number of benzene rings is 3. The number of tetrazole rings is 1. The van der Waals surface area contributed by atoms with E-state index in [0.717, 1.165) is 66.8 Å². The van der Waals surface area contributed by atoms with E-state index in [2.05, 4.69) is 83.9 Å². The molecule has 0 saturated heterocycles. The zero-order valence-electron chi connectivity index (χ0n) is 24.2. The highest BCUT2D eigenvalue weighted by Gasteiger charge is 2.13. The van der Waals surface area contributed by atoms with E-state index in [1.165, 1.54) is 5.56 Å². The second-order valence-corrected chi connectivity index (χ2v) is 11.5. The smallest absolute Gasteiger partial charge is 0.335 e. The molecule has 3 aromatic carbocycles. The van der Waals surface area contributed by atoms with Crippen LogP contribution in [0.1, 0.15) is 84.9 Å². The van der Waals surface area contributed by atoms with Crippen LogP contribution in [0.2, 0.25) is 0 Å². The molecule has 214 valence electrons. The van der Waals surface area contributed by atoms with Gasteiger partial charge in [0, 0.05) is 12.0 Å². The standard InChI is InChI=1S/C34H40N4O3/c1-34(2,3)30-22-17-27(18-23-30)24-41-31-10-6-5-9-28(31)19-14-25(8-4-7-11-32-35-37-38-36-32)12-13-26-15-20-29(21-16-26)33(39)40/h5-6,9-10,14-23,25H,4,7-8,11-13,24H2,1-3H3,(H,39,40)(H,35,36,37,38)/b19-14+/t25-/m0/s1. The first-order chi connectivity index (χ1) is 19.8. The third-order valence-corrected chi connectivity index (χ3v) is 7.30. The van der Waals surface area contributed by atoms with Crippen LogP contribution < -0.4 is 4.74 Å². The highest BCUT2D eigenvalue weighted by Crippen LogP contribution is 2.26. The molecule has 4 rings (SSSR count). The number of aromatic carboxylic acids is 1. The van der Waals surface area contributed by atoms with Crippen molar-refractivity contribution >= 4 is 12.0 Å². The number of unbranched alkanes of at least 4 members (excludes halogenated alkanes) is 1. The minimum Gasteiger partial charge on any atom is -0.488 e. The van der Waals surface area contributed by atoms with Crippen LogP contribution in [0.15, 0.2) is 78.9 Å². The Labute approximate surface area is 242 Å². The lowest BCUT2D eigenvalue weighted by atomic mass is 9.87. The Morgan fingerprint density at radius 2 is 1.66 bits per heavy atom. The van der Waals surface area contributed by atoms with Crippen molar-refractivity contribution in [2.45, 2.75) is 71.3 Å².